The van der Waals surface area contributed by atoms with Crippen LogP contribution in [0.25, 0.3) is 0 Å². The molecule has 2 rings (SSSR count). The second-order valence-corrected chi connectivity index (χ2v) is 6.78. The van der Waals surface area contributed by atoms with Gasteiger partial charge < -0.3 is 10.6 Å². The molecule has 1 aliphatic rings. The molecule has 0 saturated carbocycles. The Balaban J connectivity index is 1.69. The molecular formula is C11H15ClN2OS2. The van der Waals surface area contributed by atoms with Crippen LogP contribution < -0.4 is 10.6 Å². The summed E-state index contributed by atoms with van der Waals surface area (Å²) in [5.74, 6) is 2.08. The number of carbonyl (C=O) groups excluding carboxylic acids is 1. The lowest BCUT2D eigenvalue weighted by Crippen LogP contribution is -2.49. The molecule has 1 atom stereocenters. The first-order valence-electron chi connectivity index (χ1n) is 5.59. The summed E-state index contributed by atoms with van der Waals surface area (Å²) in [5, 5.41) is 6.18. The lowest BCUT2D eigenvalue weighted by atomic mass is 10.3. The van der Waals surface area contributed by atoms with Crippen molar-refractivity contribution in [3.63, 3.8) is 0 Å². The molecule has 94 valence electrons. The molecule has 2 heterocycles. The topological polar surface area (TPSA) is 41.1 Å². The average Bonchev–Trinajstić information content (AvgIpc) is 2.76. The summed E-state index contributed by atoms with van der Waals surface area (Å²) < 4.78 is 0.802. The SMILES string of the molecule is O=C(NCCc1ccc(Cl)s1)C1CSCCN1. The van der Waals surface area contributed by atoms with Gasteiger partial charge in [-0.1, -0.05) is 11.6 Å². The fourth-order valence-corrected chi connectivity index (χ4v) is 3.67. The van der Waals surface area contributed by atoms with Gasteiger partial charge in [-0.15, -0.1) is 11.3 Å². The van der Waals surface area contributed by atoms with Gasteiger partial charge in [0.25, 0.3) is 0 Å². The molecule has 0 spiro atoms. The van der Waals surface area contributed by atoms with Gasteiger partial charge in [0.15, 0.2) is 0 Å². The highest BCUT2D eigenvalue weighted by Gasteiger charge is 2.20. The van der Waals surface area contributed by atoms with Gasteiger partial charge in [0, 0.05) is 29.5 Å². The van der Waals surface area contributed by atoms with Crippen LogP contribution in [0, 0.1) is 0 Å². The largest absolute Gasteiger partial charge is 0.354 e. The van der Waals surface area contributed by atoms with Gasteiger partial charge in [0.2, 0.25) is 5.91 Å². The highest BCUT2D eigenvalue weighted by atomic mass is 35.5. The number of carbonyl (C=O) groups is 1. The molecule has 1 unspecified atom stereocenters. The first-order valence-corrected chi connectivity index (χ1v) is 7.93. The van der Waals surface area contributed by atoms with Crippen LogP contribution in [0.4, 0.5) is 0 Å². The van der Waals surface area contributed by atoms with Crippen molar-refractivity contribution in [2.45, 2.75) is 12.5 Å². The first kappa shape index (κ1) is 13.2. The van der Waals surface area contributed by atoms with Crippen LogP contribution in [0.1, 0.15) is 4.88 Å². The van der Waals surface area contributed by atoms with E-state index < -0.39 is 0 Å². The maximum Gasteiger partial charge on any atom is 0.238 e. The van der Waals surface area contributed by atoms with Crippen LogP contribution in [0.2, 0.25) is 4.34 Å². The first-order chi connectivity index (χ1) is 8.25. The third kappa shape index (κ3) is 4.17. The van der Waals surface area contributed by atoms with E-state index in [-0.39, 0.29) is 11.9 Å². The van der Waals surface area contributed by atoms with Crippen LogP contribution in [0.15, 0.2) is 12.1 Å². The summed E-state index contributed by atoms with van der Waals surface area (Å²) in [7, 11) is 0. The smallest absolute Gasteiger partial charge is 0.238 e. The molecular weight excluding hydrogens is 276 g/mol. The summed E-state index contributed by atoms with van der Waals surface area (Å²) in [6.45, 7) is 1.60. The van der Waals surface area contributed by atoms with Gasteiger partial charge in [-0.2, -0.15) is 11.8 Å². The Labute approximate surface area is 114 Å². The zero-order valence-corrected chi connectivity index (χ0v) is 11.8. The average molecular weight is 291 g/mol. The number of thiophene rings is 1. The predicted octanol–water partition coefficient (Wildman–Crippen LogP) is 1.77. The van der Waals surface area contributed by atoms with E-state index in [1.807, 2.05) is 23.9 Å². The molecule has 1 aromatic heterocycles. The van der Waals surface area contributed by atoms with Crippen LogP contribution in [-0.4, -0.2) is 36.5 Å². The number of hydrogen-bond donors (Lipinski definition) is 2. The molecule has 1 aliphatic heterocycles. The normalized spacial score (nSPS) is 20.2. The van der Waals surface area contributed by atoms with Gasteiger partial charge in [0.1, 0.15) is 0 Å². The van der Waals surface area contributed by atoms with Crippen molar-refractivity contribution < 1.29 is 4.79 Å². The van der Waals surface area contributed by atoms with E-state index in [4.69, 9.17) is 11.6 Å². The standard InChI is InChI=1S/C11H15ClN2OS2/c12-10-2-1-8(17-10)3-4-14-11(15)9-7-16-6-5-13-9/h1-2,9,13H,3-7H2,(H,14,15). The molecule has 2 N–H and O–H groups in total. The number of hydrogen-bond acceptors (Lipinski definition) is 4. The molecule has 0 aromatic carbocycles. The van der Waals surface area contributed by atoms with Crippen LogP contribution in [0.3, 0.4) is 0 Å². The summed E-state index contributed by atoms with van der Waals surface area (Å²) in [5.41, 5.74) is 0. The Morgan fingerprint density at radius 1 is 1.59 bits per heavy atom. The maximum atomic E-state index is 11.8. The van der Waals surface area contributed by atoms with Gasteiger partial charge in [-0.05, 0) is 18.6 Å². The monoisotopic (exact) mass is 290 g/mol. The van der Waals surface area contributed by atoms with Gasteiger partial charge >= 0.3 is 0 Å². The Bertz CT molecular complexity index is 377. The highest BCUT2D eigenvalue weighted by Crippen LogP contribution is 2.21. The molecule has 1 amide bonds. The summed E-state index contributed by atoms with van der Waals surface area (Å²) in [6.07, 6.45) is 0.850. The Kier molecular flexibility index (Phi) is 5.16. The summed E-state index contributed by atoms with van der Waals surface area (Å²) in [4.78, 5) is 13.0. The molecule has 0 radical (unpaired) electrons. The van der Waals surface area contributed by atoms with E-state index in [1.54, 1.807) is 11.3 Å². The zero-order valence-electron chi connectivity index (χ0n) is 9.37. The number of amides is 1. The number of rotatable bonds is 4. The fourth-order valence-electron chi connectivity index (χ4n) is 1.65. The van der Waals surface area contributed by atoms with Crippen molar-refractivity contribution >= 4 is 40.6 Å². The van der Waals surface area contributed by atoms with Crippen molar-refractivity contribution in [1.82, 2.24) is 10.6 Å². The number of nitrogens with one attached hydrogen (secondary N) is 2. The Morgan fingerprint density at radius 2 is 2.47 bits per heavy atom. The van der Waals surface area contributed by atoms with E-state index in [0.29, 0.717) is 6.54 Å². The molecule has 1 aromatic rings. The minimum Gasteiger partial charge on any atom is -0.354 e. The van der Waals surface area contributed by atoms with Crippen molar-refractivity contribution in [3.8, 4) is 0 Å². The number of thioether (sulfide) groups is 1. The third-order valence-electron chi connectivity index (χ3n) is 2.54. The van der Waals surface area contributed by atoms with Crippen LogP contribution >= 0.6 is 34.7 Å². The molecule has 0 aliphatic carbocycles. The van der Waals surface area contributed by atoms with E-state index in [2.05, 4.69) is 10.6 Å². The summed E-state index contributed by atoms with van der Waals surface area (Å²) in [6, 6.07) is 3.87. The van der Waals surface area contributed by atoms with E-state index in [9.17, 15) is 4.79 Å². The Morgan fingerprint density at radius 3 is 3.12 bits per heavy atom. The predicted molar refractivity (Wildman–Crippen MR) is 75.2 cm³/mol. The van der Waals surface area contributed by atoms with Crippen LogP contribution in [0.5, 0.6) is 0 Å². The summed E-state index contributed by atoms with van der Waals surface area (Å²) >= 11 is 9.24. The fraction of sp³-hybridized carbons (Fsp3) is 0.545. The second kappa shape index (κ2) is 6.64. The highest BCUT2D eigenvalue weighted by molar-refractivity contribution is 7.99. The maximum absolute atomic E-state index is 11.8. The van der Waals surface area contributed by atoms with Gasteiger partial charge in [0.05, 0.1) is 10.4 Å². The minimum atomic E-state index is -0.0272. The third-order valence-corrected chi connectivity index (χ3v) is 4.89. The molecule has 0 bridgehead atoms. The van der Waals surface area contributed by atoms with Gasteiger partial charge in [-0.3, -0.25) is 4.79 Å². The van der Waals surface area contributed by atoms with Crippen molar-refractivity contribution in [2.75, 3.05) is 24.6 Å². The van der Waals surface area contributed by atoms with Gasteiger partial charge in [-0.25, -0.2) is 0 Å². The minimum absolute atomic E-state index is 0.0272. The zero-order chi connectivity index (χ0) is 12.1. The lowest BCUT2D eigenvalue weighted by Gasteiger charge is -2.22. The van der Waals surface area contributed by atoms with Crippen molar-refractivity contribution in [2.24, 2.45) is 0 Å². The quantitative estimate of drug-likeness (QED) is 0.888. The van der Waals surface area contributed by atoms with Crippen molar-refractivity contribution in [1.29, 1.82) is 0 Å². The lowest BCUT2D eigenvalue weighted by molar-refractivity contribution is -0.122. The van der Waals surface area contributed by atoms with E-state index in [1.165, 1.54) is 4.88 Å². The Hall–Kier alpha value is -0.230. The molecule has 3 nitrogen and oxygen atoms in total. The van der Waals surface area contributed by atoms with Crippen molar-refractivity contribution in [3.05, 3.63) is 21.3 Å². The van der Waals surface area contributed by atoms with E-state index in [0.717, 1.165) is 28.8 Å². The number of halogens is 1. The molecule has 17 heavy (non-hydrogen) atoms. The molecule has 1 fully saturated rings. The van der Waals surface area contributed by atoms with Crippen LogP contribution in [-0.2, 0) is 11.2 Å². The van der Waals surface area contributed by atoms with E-state index >= 15 is 0 Å². The molecule has 6 heteroatoms. The molecule has 1 saturated heterocycles. The second-order valence-electron chi connectivity index (χ2n) is 3.83.